The summed E-state index contributed by atoms with van der Waals surface area (Å²) in [5, 5.41) is 3.66. The van der Waals surface area contributed by atoms with Gasteiger partial charge in [-0.25, -0.2) is 0 Å². The van der Waals surface area contributed by atoms with Gasteiger partial charge < -0.3 is 10.1 Å². The highest BCUT2D eigenvalue weighted by Gasteiger charge is 2.30. The lowest BCUT2D eigenvalue weighted by atomic mass is 9.88. The summed E-state index contributed by atoms with van der Waals surface area (Å²) in [6.45, 7) is 15.2. The first-order chi connectivity index (χ1) is 7.97. The summed E-state index contributed by atoms with van der Waals surface area (Å²) in [6, 6.07) is 0.462. The van der Waals surface area contributed by atoms with Gasteiger partial charge in [0.1, 0.15) is 0 Å². The van der Waals surface area contributed by atoms with Crippen LogP contribution in [-0.4, -0.2) is 24.8 Å². The number of ether oxygens (including phenoxy) is 1. The lowest BCUT2D eigenvalue weighted by Gasteiger charge is -2.36. The summed E-state index contributed by atoms with van der Waals surface area (Å²) < 4.78 is 5.91. The summed E-state index contributed by atoms with van der Waals surface area (Å²) in [6.07, 6.45) is 4.98. The molecule has 0 heterocycles. The Balaban J connectivity index is 4.40. The van der Waals surface area contributed by atoms with Crippen molar-refractivity contribution in [3.8, 4) is 0 Å². The Hall–Kier alpha value is -0.0800. The van der Waals surface area contributed by atoms with Crippen molar-refractivity contribution in [2.45, 2.75) is 78.9 Å². The molecule has 0 saturated carbocycles. The predicted molar refractivity (Wildman–Crippen MR) is 76.5 cm³/mol. The molecule has 0 aliphatic rings. The Morgan fingerprint density at radius 3 is 2.24 bits per heavy atom. The average Bonchev–Trinajstić information content (AvgIpc) is 2.24. The number of hydrogen-bond donors (Lipinski definition) is 1. The molecule has 2 nitrogen and oxygen atoms in total. The molecule has 2 unspecified atom stereocenters. The van der Waals surface area contributed by atoms with Gasteiger partial charge in [0.15, 0.2) is 0 Å². The van der Waals surface area contributed by atoms with Crippen molar-refractivity contribution in [2.75, 3.05) is 13.2 Å². The lowest BCUT2D eigenvalue weighted by molar-refractivity contribution is -0.0433. The molecule has 17 heavy (non-hydrogen) atoms. The van der Waals surface area contributed by atoms with E-state index in [0.29, 0.717) is 6.04 Å². The van der Waals surface area contributed by atoms with E-state index in [4.69, 9.17) is 4.74 Å². The van der Waals surface area contributed by atoms with Crippen molar-refractivity contribution in [1.82, 2.24) is 5.32 Å². The van der Waals surface area contributed by atoms with Gasteiger partial charge in [-0.15, -0.1) is 0 Å². The van der Waals surface area contributed by atoms with Crippen LogP contribution in [-0.2, 0) is 4.74 Å². The van der Waals surface area contributed by atoms with Gasteiger partial charge in [0, 0.05) is 12.6 Å². The molecule has 0 aromatic heterocycles. The van der Waals surface area contributed by atoms with Crippen molar-refractivity contribution < 1.29 is 4.74 Å². The van der Waals surface area contributed by atoms with Crippen molar-refractivity contribution in [3.63, 3.8) is 0 Å². The van der Waals surface area contributed by atoms with Gasteiger partial charge >= 0.3 is 0 Å². The van der Waals surface area contributed by atoms with Crippen molar-refractivity contribution in [1.29, 1.82) is 0 Å². The largest absolute Gasteiger partial charge is 0.374 e. The van der Waals surface area contributed by atoms with E-state index in [-0.39, 0.29) is 5.60 Å². The molecule has 0 spiro atoms. The highest BCUT2D eigenvalue weighted by molar-refractivity contribution is 4.86. The number of rotatable bonds is 10. The average molecular weight is 243 g/mol. The van der Waals surface area contributed by atoms with Crippen LogP contribution in [0.3, 0.4) is 0 Å². The molecule has 2 atom stereocenters. The third kappa shape index (κ3) is 7.05. The first-order valence-corrected chi connectivity index (χ1v) is 7.35. The molecule has 0 aromatic carbocycles. The Kier molecular flexibility index (Phi) is 8.89. The monoisotopic (exact) mass is 243 g/mol. The lowest BCUT2D eigenvalue weighted by Crippen LogP contribution is -2.49. The van der Waals surface area contributed by atoms with Crippen LogP contribution in [0.5, 0.6) is 0 Å². The second-order valence-electron chi connectivity index (χ2n) is 5.67. The van der Waals surface area contributed by atoms with E-state index in [2.05, 4.69) is 46.9 Å². The molecule has 0 radical (unpaired) electrons. The molecule has 0 aliphatic carbocycles. The smallest absolute Gasteiger partial charge is 0.0778 e. The maximum absolute atomic E-state index is 5.91. The third-order valence-corrected chi connectivity index (χ3v) is 3.42. The zero-order chi connectivity index (χ0) is 13.3. The molecule has 0 fully saturated rings. The second-order valence-corrected chi connectivity index (χ2v) is 5.67. The van der Waals surface area contributed by atoms with Gasteiger partial charge in [0.25, 0.3) is 0 Å². The quantitative estimate of drug-likeness (QED) is 0.626. The molecular formula is C15H33NO. The van der Waals surface area contributed by atoms with Crippen molar-refractivity contribution in [3.05, 3.63) is 0 Å². The van der Waals surface area contributed by atoms with Gasteiger partial charge in [-0.05, 0) is 46.1 Å². The van der Waals surface area contributed by atoms with Crippen LogP contribution in [0.25, 0.3) is 0 Å². The normalized spacial score (nSPS) is 15.9. The minimum atomic E-state index is -0.0636. The van der Waals surface area contributed by atoms with Crippen molar-refractivity contribution >= 4 is 0 Å². The van der Waals surface area contributed by atoms with E-state index in [1.165, 1.54) is 25.7 Å². The summed E-state index contributed by atoms with van der Waals surface area (Å²) >= 11 is 0. The predicted octanol–water partition coefficient (Wildman–Crippen LogP) is 4.00. The van der Waals surface area contributed by atoms with E-state index < -0.39 is 0 Å². The molecule has 2 heteroatoms. The fourth-order valence-corrected chi connectivity index (χ4v) is 2.42. The molecule has 0 aliphatic heterocycles. The number of nitrogens with one attached hydrogen (secondary N) is 1. The van der Waals surface area contributed by atoms with Crippen LogP contribution >= 0.6 is 0 Å². The third-order valence-electron chi connectivity index (χ3n) is 3.42. The van der Waals surface area contributed by atoms with E-state index in [1.807, 2.05) is 0 Å². The highest BCUT2D eigenvalue weighted by Crippen LogP contribution is 2.23. The molecule has 1 N–H and O–H groups in total. The Bertz CT molecular complexity index is 180. The summed E-state index contributed by atoms with van der Waals surface area (Å²) in [7, 11) is 0. The SMILES string of the molecule is CCCNC(CC(C)CCC)C(C)(C)OCC. The minimum Gasteiger partial charge on any atom is -0.374 e. The van der Waals surface area contributed by atoms with Crippen LogP contribution < -0.4 is 5.32 Å². The van der Waals surface area contributed by atoms with Gasteiger partial charge in [0.05, 0.1) is 5.60 Å². The maximum atomic E-state index is 5.91. The van der Waals surface area contributed by atoms with Crippen molar-refractivity contribution in [2.24, 2.45) is 5.92 Å². The molecule has 0 bridgehead atoms. The molecule has 104 valence electrons. The van der Waals surface area contributed by atoms with Gasteiger partial charge in [0.2, 0.25) is 0 Å². The first kappa shape index (κ1) is 16.9. The van der Waals surface area contributed by atoms with Crippen LogP contribution in [0.15, 0.2) is 0 Å². The minimum absolute atomic E-state index is 0.0636. The summed E-state index contributed by atoms with van der Waals surface area (Å²) in [4.78, 5) is 0. The molecule has 0 amide bonds. The fraction of sp³-hybridized carbons (Fsp3) is 1.00. The maximum Gasteiger partial charge on any atom is 0.0778 e. The Morgan fingerprint density at radius 2 is 1.76 bits per heavy atom. The number of hydrogen-bond acceptors (Lipinski definition) is 2. The Morgan fingerprint density at radius 1 is 1.12 bits per heavy atom. The van der Waals surface area contributed by atoms with Gasteiger partial charge in [-0.2, -0.15) is 0 Å². The highest BCUT2D eigenvalue weighted by atomic mass is 16.5. The van der Waals surface area contributed by atoms with Crippen LogP contribution in [0.1, 0.15) is 67.2 Å². The standard InChI is InChI=1S/C15H33NO/c1-7-10-13(4)12-14(16-11-8-2)15(5,6)17-9-3/h13-14,16H,7-12H2,1-6H3. The zero-order valence-electron chi connectivity index (χ0n) is 12.8. The van der Waals surface area contributed by atoms with Crippen LogP contribution in [0.2, 0.25) is 0 Å². The van der Waals surface area contributed by atoms with E-state index >= 15 is 0 Å². The molecule has 0 saturated heterocycles. The van der Waals surface area contributed by atoms with Crippen LogP contribution in [0.4, 0.5) is 0 Å². The van der Waals surface area contributed by atoms with E-state index in [0.717, 1.165) is 19.1 Å². The first-order valence-electron chi connectivity index (χ1n) is 7.35. The summed E-state index contributed by atoms with van der Waals surface area (Å²) in [5.74, 6) is 0.772. The van der Waals surface area contributed by atoms with Gasteiger partial charge in [-0.3, -0.25) is 0 Å². The topological polar surface area (TPSA) is 21.3 Å². The fourth-order valence-electron chi connectivity index (χ4n) is 2.42. The van der Waals surface area contributed by atoms with E-state index in [9.17, 15) is 0 Å². The molecule has 0 aromatic rings. The molecule has 0 rings (SSSR count). The molecular weight excluding hydrogens is 210 g/mol. The Labute approximate surface area is 109 Å². The second kappa shape index (κ2) is 8.93. The summed E-state index contributed by atoms with van der Waals surface area (Å²) in [5.41, 5.74) is -0.0636. The van der Waals surface area contributed by atoms with Gasteiger partial charge in [-0.1, -0.05) is 33.6 Å². The van der Waals surface area contributed by atoms with Crippen LogP contribution in [0, 0.1) is 5.92 Å². The zero-order valence-corrected chi connectivity index (χ0v) is 12.8. The van der Waals surface area contributed by atoms with E-state index in [1.54, 1.807) is 0 Å².